The maximum Gasteiger partial charge on any atom is 0.384 e. The van der Waals surface area contributed by atoms with Gasteiger partial charge in [0.2, 0.25) is 0 Å². The average molecular weight is 486 g/mol. The minimum absolute atomic E-state index is 0.0659. The summed E-state index contributed by atoms with van der Waals surface area (Å²) >= 11 is 0. The summed E-state index contributed by atoms with van der Waals surface area (Å²) in [5, 5.41) is 8.56. The van der Waals surface area contributed by atoms with Gasteiger partial charge in [0.15, 0.2) is 0 Å². The van der Waals surface area contributed by atoms with E-state index in [1.54, 1.807) is 0 Å². The number of rotatable bonds is 16. The van der Waals surface area contributed by atoms with Crippen LogP contribution < -0.4 is 0 Å². The molecule has 0 aliphatic carbocycles. The first kappa shape index (κ1) is 30.1. The van der Waals surface area contributed by atoms with Crippen LogP contribution in [0, 0.1) is 0 Å². The fraction of sp³-hybridized carbons (Fsp3) is 1.00. The Morgan fingerprint density at radius 1 is 0.452 bits per heavy atom. The molecular weight excluding hydrogens is 460 g/mol. The van der Waals surface area contributed by atoms with Crippen molar-refractivity contribution in [1.29, 1.82) is 0 Å². The van der Waals surface area contributed by atoms with Crippen LogP contribution in [0.25, 0.3) is 0 Å². The lowest BCUT2D eigenvalue weighted by molar-refractivity contribution is -0.425. The number of hydrogen-bond donors (Lipinski definition) is 1. The van der Waals surface area contributed by atoms with Gasteiger partial charge in [-0.25, -0.2) is 0 Å². The van der Waals surface area contributed by atoms with Gasteiger partial charge < -0.3 is 5.11 Å². The fourth-order valence-electron chi connectivity index (χ4n) is 2.82. The molecule has 0 aliphatic rings. The fourth-order valence-corrected chi connectivity index (χ4v) is 2.82. The van der Waals surface area contributed by atoms with E-state index in [4.69, 9.17) is 5.11 Å². The SMILES string of the molecule is CCCC(F)(F)C(F)(F)C(F)(F)C(F)(F)C(F)(F)C(F)(F)CCCCCCCCCO. The molecule has 0 atom stereocenters. The summed E-state index contributed by atoms with van der Waals surface area (Å²) in [4.78, 5) is 0. The van der Waals surface area contributed by atoms with Gasteiger partial charge in [-0.2, -0.15) is 52.7 Å². The van der Waals surface area contributed by atoms with E-state index in [2.05, 4.69) is 0 Å². The highest BCUT2D eigenvalue weighted by atomic mass is 19.4. The van der Waals surface area contributed by atoms with Crippen molar-refractivity contribution in [2.24, 2.45) is 0 Å². The second-order valence-electron chi connectivity index (χ2n) is 7.40. The Morgan fingerprint density at radius 3 is 1.13 bits per heavy atom. The van der Waals surface area contributed by atoms with E-state index in [0.717, 1.165) is 6.92 Å². The monoisotopic (exact) mass is 486 g/mol. The molecule has 1 N–H and O–H groups in total. The molecule has 0 amide bonds. The zero-order valence-electron chi connectivity index (χ0n) is 16.8. The van der Waals surface area contributed by atoms with E-state index in [-0.39, 0.29) is 19.4 Å². The Hall–Kier alpha value is -0.880. The van der Waals surface area contributed by atoms with Gasteiger partial charge in [0.25, 0.3) is 0 Å². The molecule has 0 fully saturated rings. The normalized spacial score (nSPS) is 14.9. The Kier molecular flexibility index (Phi) is 10.5. The highest BCUT2D eigenvalue weighted by Crippen LogP contribution is 2.61. The van der Waals surface area contributed by atoms with Crippen molar-refractivity contribution in [3.63, 3.8) is 0 Å². The third-order valence-corrected chi connectivity index (χ3v) is 4.81. The summed E-state index contributed by atoms with van der Waals surface area (Å²) in [5.41, 5.74) is 0. The molecule has 0 radical (unpaired) electrons. The standard InChI is InChI=1S/C18H26F12O/c1-2-10-13(19,20)15(23,24)17(27,28)18(29,30)16(25,26)14(21,22)11-8-6-4-3-5-7-9-12-31/h31H,2-12H2,1H3. The van der Waals surface area contributed by atoms with Gasteiger partial charge in [-0.3, -0.25) is 0 Å². The van der Waals surface area contributed by atoms with Gasteiger partial charge in [0.05, 0.1) is 0 Å². The first-order valence-electron chi connectivity index (χ1n) is 9.75. The molecule has 1 nitrogen and oxygen atoms in total. The van der Waals surface area contributed by atoms with Crippen molar-refractivity contribution in [1.82, 2.24) is 0 Å². The van der Waals surface area contributed by atoms with Crippen molar-refractivity contribution in [2.45, 2.75) is 107 Å². The molecule has 0 aromatic carbocycles. The van der Waals surface area contributed by atoms with Gasteiger partial charge in [0, 0.05) is 19.4 Å². The van der Waals surface area contributed by atoms with Gasteiger partial charge in [-0.1, -0.05) is 45.4 Å². The minimum Gasteiger partial charge on any atom is -0.396 e. The molecule has 188 valence electrons. The highest BCUT2D eigenvalue weighted by Gasteiger charge is 2.89. The molecule has 0 rings (SSSR count). The Bertz CT molecular complexity index is 534. The van der Waals surface area contributed by atoms with Crippen LogP contribution in [0.3, 0.4) is 0 Å². The van der Waals surface area contributed by atoms with Crippen LogP contribution in [0.5, 0.6) is 0 Å². The number of hydrogen-bond acceptors (Lipinski definition) is 1. The Balaban J connectivity index is 5.37. The van der Waals surface area contributed by atoms with Crippen molar-refractivity contribution in [3.05, 3.63) is 0 Å². The van der Waals surface area contributed by atoms with E-state index >= 15 is 0 Å². The molecule has 31 heavy (non-hydrogen) atoms. The van der Waals surface area contributed by atoms with Crippen LogP contribution in [-0.2, 0) is 0 Å². The lowest BCUT2D eigenvalue weighted by Gasteiger charge is -2.41. The third-order valence-electron chi connectivity index (χ3n) is 4.81. The van der Waals surface area contributed by atoms with Crippen molar-refractivity contribution < 1.29 is 57.8 Å². The summed E-state index contributed by atoms with van der Waals surface area (Å²) in [7, 11) is 0. The van der Waals surface area contributed by atoms with Crippen molar-refractivity contribution >= 4 is 0 Å². The summed E-state index contributed by atoms with van der Waals surface area (Å²) in [6.07, 6.45) is -3.65. The first-order chi connectivity index (χ1) is 13.9. The number of aliphatic hydroxyl groups excluding tert-OH is 1. The average Bonchev–Trinajstić information content (AvgIpc) is 2.63. The summed E-state index contributed by atoms with van der Waals surface area (Å²) < 4.78 is 163. The first-order valence-corrected chi connectivity index (χ1v) is 9.75. The van der Waals surface area contributed by atoms with Crippen LogP contribution in [-0.4, -0.2) is 47.2 Å². The molecule has 0 bridgehead atoms. The molecule has 0 spiro atoms. The molecule has 0 aliphatic heterocycles. The van der Waals surface area contributed by atoms with E-state index in [0.29, 0.717) is 25.7 Å². The maximum atomic E-state index is 13.7. The number of aliphatic hydroxyl groups is 1. The van der Waals surface area contributed by atoms with E-state index < -0.39 is 61.2 Å². The van der Waals surface area contributed by atoms with Gasteiger partial charge in [-0.05, 0) is 12.8 Å². The van der Waals surface area contributed by atoms with Crippen molar-refractivity contribution in [2.75, 3.05) is 6.61 Å². The molecule has 0 aromatic rings. The van der Waals surface area contributed by atoms with E-state index in [1.807, 2.05) is 0 Å². The zero-order chi connectivity index (χ0) is 24.8. The number of halogens is 12. The highest BCUT2D eigenvalue weighted by molar-refractivity contribution is 5.11. The van der Waals surface area contributed by atoms with E-state index in [9.17, 15) is 52.7 Å². The van der Waals surface area contributed by atoms with Crippen molar-refractivity contribution in [3.8, 4) is 0 Å². The smallest absolute Gasteiger partial charge is 0.384 e. The van der Waals surface area contributed by atoms with Crippen LogP contribution in [0.1, 0.15) is 71.1 Å². The predicted octanol–water partition coefficient (Wildman–Crippen LogP) is 7.71. The van der Waals surface area contributed by atoms with Gasteiger partial charge >= 0.3 is 35.5 Å². The lowest BCUT2D eigenvalue weighted by atomic mass is 9.88. The second kappa shape index (κ2) is 10.8. The molecule has 0 heterocycles. The molecule has 0 unspecified atom stereocenters. The Morgan fingerprint density at radius 2 is 0.774 bits per heavy atom. The van der Waals surface area contributed by atoms with Crippen LogP contribution in [0.4, 0.5) is 52.7 Å². The zero-order valence-corrected chi connectivity index (χ0v) is 16.8. The molecule has 0 saturated carbocycles. The maximum absolute atomic E-state index is 13.7. The largest absolute Gasteiger partial charge is 0.396 e. The summed E-state index contributed by atoms with van der Waals surface area (Å²) in [5.74, 6) is -40.6. The molecular formula is C18H26F12O. The molecule has 13 heteroatoms. The van der Waals surface area contributed by atoms with Crippen LogP contribution in [0.2, 0.25) is 0 Å². The number of alkyl halides is 12. The predicted molar refractivity (Wildman–Crippen MR) is 88.6 cm³/mol. The lowest BCUT2D eigenvalue weighted by Crippen LogP contribution is -2.70. The minimum atomic E-state index is -7.46. The number of unbranched alkanes of at least 4 members (excludes halogenated alkanes) is 6. The van der Waals surface area contributed by atoms with Gasteiger partial charge in [0.1, 0.15) is 0 Å². The quantitative estimate of drug-likeness (QED) is 0.175. The molecule has 0 aromatic heterocycles. The second-order valence-corrected chi connectivity index (χ2v) is 7.40. The Labute approximate surface area is 172 Å². The van der Waals surface area contributed by atoms with Gasteiger partial charge in [-0.15, -0.1) is 0 Å². The van der Waals surface area contributed by atoms with Crippen LogP contribution >= 0.6 is 0 Å². The van der Waals surface area contributed by atoms with E-state index in [1.165, 1.54) is 0 Å². The third kappa shape index (κ3) is 6.13. The molecule has 0 saturated heterocycles. The van der Waals surface area contributed by atoms with Crippen LogP contribution in [0.15, 0.2) is 0 Å². The summed E-state index contributed by atoms with van der Waals surface area (Å²) in [6, 6.07) is 0. The topological polar surface area (TPSA) is 20.2 Å². The summed E-state index contributed by atoms with van der Waals surface area (Å²) in [6.45, 7) is 0.749.